The lowest BCUT2D eigenvalue weighted by molar-refractivity contribution is -0.112. The zero-order chi connectivity index (χ0) is 16.1. The maximum Gasteiger partial charge on any atom is 0.267 e. The molecule has 1 aromatic carbocycles. The Labute approximate surface area is 127 Å². The van der Waals surface area contributed by atoms with Gasteiger partial charge in [0.2, 0.25) is 0 Å². The zero-order valence-corrected chi connectivity index (χ0v) is 11.7. The average Bonchev–Trinajstić information content (AvgIpc) is 2.50. The number of hydrogen-bond donors (Lipinski definition) is 3. The summed E-state index contributed by atoms with van der Waals surface area (Å²) in [5.41, 5.74) is 1.05. The van der Waals surface area contributed by atoms with E-state index in [1.54, 1.807) is 25.1 Å². The Hall–Kier alpha value is -3.33. The average molecular weight is 295 g/mol. The van der Waals surface area contributed by atoms with E-state index in [2.05, 4.69) is 10.3 Å². The molecule has 1 heterocycles. The molecule has 0 saturated carbocycles. The second-order valence-corrected chi connectivity index (χ2v) is 4.54. The number of carbonyl (C=O) groups excluding carboxylic acids is 1. The number of phenols is 2. The van der Waals surface area contributed by atoms with Crippen LogP contribution in [0.4, 0.5) is 5.82 Å². The van der Waals surface area contributed by atoms with Crippen molar-refractivity contribution in [1.82, 2.24) is 4.98 Å². The smallest absolute Gasteiger partial charge is 0.267 e. The number of nitrogens with zero attached hydrogens (tertiary/aromatic N) is 2. The zero-order valence-electron chi connectivity index (χ0n) is 11.7. The second kappa shape index (κ2) is 6.41. The predicted molar refractivity (Wildman–Crippen MR) is 81.0 cm³/mol. The van der Waals surface area contributed by atoms with Crippen LogP contribution in [0.15, 0.2) is 42.1 Å². The summed E-state index contributed by atoms with van der Waals surface area (Å²) in [5, 5.41) is 30.3. The number of carbonyl (C=O) groups is 1. The standard InChI is InChI=1S/C16H13N3O3/c1-10-3-2-6-18-15(10)19-16(22)12(9-17)7-11-4-5-13(20)14(21)8-11/h2-8,20-21H,1H3,(H,18,19,22)/b12-7+. The molecule has 110 valence electrons. The summed E-state index contributed by atoms with van der Waals surface area (Å²) in [5.74, 6) is -0.824. The van der Waals surface area contributed by atoms with E-state index in [1.807, 2.05) is 0 Å². The fourth-order valence-electron chi connectivity index (χ4n) is 1.74. The van der Waals surface area contributed by atoms with Crippen LogP contribution >= 0.6 is 0 Å². The predicted octanol–water partition coefficient (Wildman–Crippen LogP) is 2.35. The molecular formula is C16H13N3O3. The number of aromatic hydroxyl groups is 2. The molecule has 0 bridgehead atoms. The molecule has 6 nitrogen and oxygen atoms in total. The van der Waals surface area contributed by atoms with Gasteiger partial charge >= 0.3 is 0 Å². The number of rotatable bonds is 3. The quantitative estimate of drug-likeness (QED) is 0.458. The third kappa shape index (κ3) is 3.41. The van der Waals surface area contributed by atoms with Crippen molar-refractivity contribution in [3.8, 4) is 17.6 Å². The fourth-order valence-corrected chi connectivity index (χ4v) is 1.74. The molecule has 6 heteroatoms. The van der Waals surface area contributed by atoms with E-state index in [4.69, 9.17) is 5.26 Å². The first-order valence-electron chi connectivity index (χ1n) is 6.38. The fraction of sp³-hybridized carbons (Fsp3) is 0.0625. The van der Waals surface area contributed by atoms with Gasteiger partial charge in [0.25, 0.3) is 5.91 Å². The third-order valence-electron chi connectivity index (χ3n) is 2.92. The molecule has 0 spiro atoms. The lowest BCUT2D eigenvalue weighted by atomic mass is 10.1. The van der Waals surface area contributed by atoms with Crippen LogP contribution < -0.4 is 5.32 Å². The summed E-state index contributed by atoms with van der Waals surface area (Å²) >= 11 is 0. The Bertz CT molecular complexity index is 791. The van der Waals surface area contributed by atoms with Gasteiger partial charge in [0.1, 0.15) is 17.5 Å². The number of hydrogen-bond acceptors (Lipinski definition) is 5. The molecule has 0 aliphatic carbocycles. The van der Waals surface area contributed by atoms with Crippen LogP contribution in [-0.2, 0) is 4.79 Å². The van der Waals surface area contributed by atoms with Gasteiger partial charge in [0, 0.05) is 6.20 Å². The Balaban J connectivity index is 2.26. The molecular weight excluding hydrogens is 282 g/mol. The highest BCUT2D eigenvalue weighted by molar-refractivity contribution is 6.09. The molecule has 3 N–H and O–H groups in total. The van der Waals surface area contributed by atoms with Gasteiger partial charge in [-0.15, -0.1) is 0 Å². The van der Waals surface area contributed by atoms with E-state index in [0.29, 0.717) is 11.4 Å². The second-order valence-electron chi connectivity index (χ2n) is 4.54. The molecule has 0 saturated heterocycles. The Morgan fingerprint density at radius 3 is 2.73 bits per heavy atom. The van der Waals surface area contributed by atoms with E-state index < -0.39 is 5.91 Å². The van der Waals surface area contributed by atoms with E-state index in [9.17, 15) is 15.0 Å². The molecule has 0 fully saturated rings. The minimum absolute atomic E-state index is 0.143. The van der Waals surface area contributed by atoms with Gasteiger partial charge in [-0.3, -0.25) is 4.79 Å². The van der Waals surface area contributed by atoms with Crippen molar-refractivity contribution in [2.24, 2.45) is 0 Å². The Morgan fingerprint density at radius 1 is 1.32 bits per heavy atom. The maximum atomic E-state index is 12.1. The van der Waals surface area contributed by atoms with Crippen LogP contribution in [0.3, 0.4) is 0 Å². The van der Waals surface area contributed by atoms with Crippen molar-refractivity contribution < 1.29 is 15.0 Å². The van der Waals surface area contributed by atoms with Crippen molar-refractivity contribution in [1.29, 1.82) is 5.26 Å². The summed E-state index contributed by atoms with van der Waals surface area (Å²) in [6.45, 7) is 1.79. The van der Waals surface area contributed by atoms with Crippen LogP contribution in [-0.4, -0.2) is 21.1 Å². The molecule has 1 aromatic heterocycles. The molecule has 0 radical (unpaired) electrons. The molecule has 22 heavy (non-hydrogen) atoms. The summed E-state index contributed by atoms with van der Waals surface area (Å²) in [6, 6.07) is 9.34. The first kappa shape index (κ1) is 15.1. The Kier molecular flexibility index (Phi) is 4.39. The first-order chi connectivity index (χ1) is 10.5. The number of anilines is 1. The molecule has 2 rings (SSSR count). The van der Waals surface area contributed by atoms with Crippen molar-refractivity contribution >= 4 is 17.8 Å². The van der Waals surface area contributed by atoms with E-state index in [-0.39, 0.29) is 17.1 Å². The third-order valence-corrected chi connectivity index (χ3v) is 2.92. The molecule has 0 unspecified atom stereocenters. The van der Waals surface area contributed by atoms with Gasteiger partial charge in [0.15, 0.2) is 11.5 Å². The number of benzene rings is 1. The van der Waals surface area contributed by atoms with Crippen LogP contribution in [0.25, 0.3) is 6.08 Å². The van der Waals surface area contributed by atoms with E-state index in [1.165, 1.54) is 30.5 Å². The molecule has 0 atom stereocenters. The van der Waals surface area contributed by atoms with Gasteiger partial charge < -0.3 is 15.5 Å². The van der Waals surface area contributed by atoms with E-state index >= 15 is 0 Å². The minimum Gasteiger partial charge on any atom is -0.504 e. The lowest BCUT2D eigenvalue weighted by Gasteiger charge is -2.06. The molecule has 2 aromatic rings. The van der Waals surface area contributed by atoms with Crippen LogP contribution in [0, 0.1) is 18.3 Å². The Morgan fingerprint density at radius 2 is 2.09 bits per heavy atom. The summed E-state index contributed by atoms with van der Waals surface area (Å²) in [7, 11) is 0. The van der Waals surface area contributed by atoms with Crippen molar-refractivity contribution in [3.05, 3.63) is 53.2 Å². The number of nitrogens with one attached hydrogen (secondary N) is 1. The highest BCUT2D eigenvalue weighted by Crippen LogP contribution is 2.26. The van der Waals surface area contributed by atoms with Gasteiger partial charge in [-0.1, -0.05) is 12.1 Å². The van der Waals surface area contributed by atoms with Gasteiger partial charge in [0.05, 0.1) is 0 Å². The van der Waals surface area contributed by atoms with Gasteiger partial charge in [-0.2, -0.15) is 5.26 Å². The largest absolute Gasteiger partial charge is 0.504 e. The maximum absolute atomic E-state index is 12.1. The van der Waals surface area contributed by atoms with E-state index in [0.717, 1.165) is 5.56 Å². The number of amides is 1. The highest BCUT2D eigenvalue weighted by atomic mass is 16.3. The number of pyridine rings is 1. The number of aryl methyl sites for hydroxylation is 1. The van der Waals surface area contributed by atoms with Crippen molar-refractivity contribution in [2.45, 2.75) is 6.92 Å². The number of phenolic OH excluding ortho intramolecular Hbond substituents is 2. The number of nitriles is 1. The first-order valence-corrected chi connectivity index (χ1v) is 6.38. The summed E-state index contributed by atoms with van der Waals surface area (Å²) in [4.78, 5) is 16.1. The topological polar surface area (TPSA) is 106 Å². The lowest BCUT2D eigenvalue weighted by Crippen LogP contribution is -2.15. The van der Waals surface area contributed by atoms with Crippen molar-refractivity contribution in [2.75, 3.05) is 5.32 Å². The SMILES string of the molecule is Cc1cccnc1NC(=O)/C(C#N)=C/c1ccc(O)c(O)c1. The molecule has 0 aliphatic heterocycles. The number of aromatic nitrogens is 1. The molecule has 0 aliphatic rings. The van der Waals surface area contributed by atoms with Crippen molar-refractivity contribution in [3.63, 3.8) is 0 Å². The van der Waals surface area contributed by atoms with Crippen LogP contribution in [0.5, 0.6) is 11.5 Å². The summed E-state index contributed by atoms with van der Waals surface area (Å²) < 4.78 is 0. The van der Waals surface area contributed by atoms with Crippen LogP contribution in [0.2, 0.25) is 0 Å². The van der Waals surface area contributed by atoms with Gasteiger partial charge in [-0.05, 0) is 42.3 Å². The normalized spacial score (nSPS) is 10.8. The highest BCUT2D eigenvalue weighted by Gasteiger charge is 2.11. The monoisotopic (exact) mass is 295 g/mol. The minimum atomic E-state index is -0.600. The molecule has 1 amide bonds. The van der Waals surface area contributed by atoms with Gasteiger partial charge in [-0.25, -0.2) is 4.98 Å². The summed E-state index contributed by atoms with van der Waals surface area (Å²) in [6.07, 6.45) is 2.85. The van der Waals surface area contributed by atoms with Crippen LogP contribution in [0.1, 0.15) is 11.1 Å².